The predicted molar refractivity (Wildman–Crippen MR) is 82.6 cm³/mol. The van der Waals surface area contributed by atoms with Gasteiger partial charge in [-0.05, 0) is 17.7 Å². The van der Waals surface area contributed by atoms with Gasteiger partial charge in [-0.3, -0.25) is 9.97 Å². The SMILES string of the molecule is NC(CCN(Cc1cccnc1)c1ccncc1Cl)=NO. The number of amidine groups is 1. The van der Waals surface area contributed by atoms with Crippen molar-refractivity contribution in [3.05, 3.63) is 53.6 Å². The third-order valence-corrected chi connectivity index (χ3v) is 3.25. The van der Waals surface area contributed by atoms with E-state index in [0.717, 1.165) is 11.3 Å². The number of hydrogen-bond donors (Lipinski definition) is 2. The summed E-state index contributed by atoms with van der Waals surface area (Å²) >= 11 is 6.20. The zero-order chi connectivity index (χ0) is 15.1. The molecule has 0 spiro atoms. The van der Waals surface area contributed by atoms with Crippen LogP contribution < -0.4 is 10.6 Å². The molecule has 2 rings (SSSR count). The number of anilines is 1. The van der Waals surface area contributed by atoms with Crippen LogP contribution in [-0.4, -0.2) is 27.6 Å². The molecular weight excluding hydrogens is 290 g/mol. The molecule has 0 amide bonds. The van der Waals surface area contributed by atoms with Crippen molar-refractivity contribution in [3.8, 4) is 0 Å². The van der Waals surface area contributed by atoms with Gasteiger partial charge in [-0.25, -0.2) is 0 Å². The fourth-order valence-electron chi connectivity index (χ4n) is 1.92. The van der Waals surface area contributed by atoms with Crippen LogP contribution in [-0.2, 0) is 6.54 Å². The molecule has 2 aromatic heterocycles. The maximum atomic E-state index is 8.66. The van der Waals surface area contributed by atoms with Crippen molar-refractivity contribution >= 4 is 23.1 Å². The number of nitrogens with two attached hydrogens (primary N) is 1. The van der Waals surface area contributed by atoms with Crippen molar-refractivity contribution in [1.29, 1.82) is 0 Å². The fraction of sp³-hybridized carbons (Fsp3) is 0.214. The molecule has 0 saturated heterocycles. The van der Waals surface area contributed by atoms with Crippen LogP contribution in [0.2, 0.25) is 5.02 Å². The molecule has 2 aromatic rings. The second-order valence-corrected chi connectivity index (χ2v) is 4.86. The van der Waals surface area contributed by atoms with E-state index in [2.05, 4.69) is 15.1 Å². The van der Waals surface area contributed by atoms with Gasteiger partial charge in [0.05, 0.1) is 10.7 Å². The first-order valence-electron chi connectivity index (χ1n) is 6.40. The van der Waals surface area contributed by atoms with Gasteiger partial charge < -0.3 is 15.8 Å². The van der Waals surface area contributed by atoms with Gasteiger partial charge in [-0.1, -0.05) is 22.8 Å². The summed E-state index contributed by atoms with van der Waals surface area (Å²) < 4.78 is 0. The summed E-state index contributed by atoms with van der Waals surface area (Å²) in [5.41, 5.74) is 7.44. The standard InChI is InChI=1S/C14H16ClN5O/c15-12-9-18-6-3-13(12)20(7-4-14(16)19-21)10-11-2-1-5-17-8-11/h1-3,5-6,8-9,21H,4,7,10H2,(H2,16,19). The van der Waals surface area contributed by atoms with Gasteiger partial charge in [0.1, 0.15) is 5.84 Å². The normalized spacial score (nSPS) is 11.4. The predicted octanol–water partition coefficient (Wildman–Crippen LogP) is 2.27. The highest BCUT2D eigenvalue weighted by Crippen LogP contribution is 2.25. The maximum absolute atomic E-state index is 8.66. The van der Waals surface area contributed by atoms with Gasteiger partial charge >= 0.3 is 0 Å². The lowest BCUT2D eigenvalue weighted by molar-refractivity contribution is 0.317. The van der Waals surface area contributed by atoms with E-state index in [1.54, 1.807) is 24.8 Å². The molecule has 0 aliphatic carbocycles. The Morgan fingerprint density at radius 2 is 2.10 bits per heavy atom. The molecule has 2 heterocycles. The minimum absolute atomic E-state index is 0.177. The number of nitrogens with zero attached hydrogens (tertiary/aromatic N) is 4. The van der Waals surface area contributed by atoms with E-state index in [1.807, 2.05) is 23.1 Å². The Hall–Kier alpha value is -2.34. The van der Waals surface area contributed by atoms with Crippen LogP contribution in [0.15, 0.2) is 48.1 Å². The monoisotopic (exact) mass is 305 g/mol. The topological polar surface area (TPSA) is 87.6 Å². The number of aromatic nitrogens is 2. The van der Waals surface area contributed by atoms with Crippen LogP contribution in [0.1, 0.15) is 12.0 Å². The lowest BCUT2D eigenvalue weighted by Gasteiger charge is -2.25. The number of rotatable bonds is 6. The average Bonchev–Trinajstić information content (AvgIpc) is 2.52. The minimum Gasteiger partial charge on any atom is -0.409 e. The van der Waals surface area contributed by atoms with Gasteiger partial charge in [-0.2, -0.15) is 0 Å². The zero-order valence-corrected chi connectivity index (χ0v) is 12.1. The van der Waals surface area contributed by atoms with E-state index in [-0.39, 0.29) is 5.84 Å². The quantitative estimate of drug-likeness (QED) is 0.370. The van der Waals surface area contributed by atoms with Crippen LogP contribution >= 0.6 is 11.6 Å². The highest BCUT2D eigenvalue weighted by Gasteiger charge is 2.12. The highest BCUT2D eigenvalue weighted by molar-refractivity contribution is 6.33. The number of hydrogen-bond acceptors (Lipinski definition) is 5. The third kappa shape index (κ3) is 4.32. The lowest BCUT2D eigenvalue weighted by Crippen LogP contribution is -2.28. The van der Waals surface area contributed by atoms with Crippen molar-refractivity contribution in [2.75, 3.05) is 11.4 Å². The summed E-state index contributed by atoms with van der Waals surface area (Å²) in [6.45, 7) is 1.19. The van der Waals surface area contributed by atoms with E-state index >= 15 is 0 Å². The highest BCUT2D eigenvalue weighted by atomic mass is 35.5. The van der Waals surface area contributed by atoms with Crippen molar-refractivity contribution in [2.45, 2.75) is 13.0 Å². The van der Waals surface area contributed by atoms with Crippen molar-refractivity contribution in [3.63, 3.8) is 0 Å². The average molecular weight is 306 g/mol. The maximum Gasteiger partial charge on any atom is 0.140 e. The first-order chi connectivity index (χ1) is 10.2. The molecule has 21 heavy (non-hydrogen) atoms. The second-order valence-electron chi connectivity index (χ2n) is 4.45. The van der Waals surface area contributed by atoms with Crippen LogP contribution in [0, 0.1) is 0 Å². The molecule has 7 heteroatoms. The fourth-order valence-corrected chi connectivity index (χ4v) is 2.16. The Bertz CT molecular complexity index is 605. The summed E-state index contributed by atoms with van der Waals surface area (Å²) in [6.07, 6.45) is 7.22. The molecule has 0 atom stereocenters. The van der Waals surface area contributed by atoms with Crippen LogP contribution in [0.4, 0.5) is 5.69 Å². The number of pyridine rings is 2. The molecule has 0 fully saturated rings. The summed E-state index contributed by atoms with van der Waals surface area (Å²) in [5, 5.41) is 12.2. The Balaban J connectivity index is 2.20. The first-order valence-corrected chi connectivity index (χ1v) is 6.78. The summed E-state index contributed by atoms with van der Waals surface area (Å²) in [4.78, 5) is 10.1. The smallest absolute Gasteiger partial charge is 0.140 e. The van der Waals surface area contributed by atoms with E-state index in [9.17, 15) is 0 Å². The van der Waals surface area contributed by atoms with Crippen LogP contribution in [0.3, 0.4) is 0 Å². The summed E-state index contributed by atoms with van der Waals surface area (Å²) in [5.74, 6) is 0.177. The summed E-state index contributed by atoms with van der Waals surface area (Å²) in [7, 11) is 0. The second kappa shape index (κ2) is 7.44. The molecule has 0 aromatic carbocycles. The van der Waals surface area contributed by atoms with Crippen LogP contribution in [0.25, 0.3) is 0 Å². The Morgan fingerprint density at radius 3 is 2.76 bits per heavy atom. The Kier molecular flexibility index (Phi) is 5.34. The summed E-state index contributed by atoms with van der Waals surface area (Å²) in [6, 6.07) is 5.70. The molecular formula is C14H16ClN5O. The number of halogens is 1. The van der Waals surface area contributed by atoms with Crippen LogP contribution in [0.5, 0.6) is 0 Å². The van der Waals surface area contributed by atoms with Crippen molar-refractivity contribution in [2.24, 2.45) is 10.9 Å². The molecule has 0 aliphatic rings. The molecule has 0 saturated carbocycles. The molecule has 0 unspecified atom stereocenters. The van der Waals surface area contributed by atoms with Gasteiger partial charge in [-0.15, -0.1) is 0 Å². The molecule has 0 bridgehead atoms. The number of oxime groups is 1. The molecule has 0 radical (unpaired) electrons. The zero-order valence-electron chi connectivity index (χ0n) is 11.4. The van der Waals surface area contributed by atoms with Gasteiger partial charge in [0, 0.05) is 44.3 Å². The van der Waals surface area contributed by atoms with E-state index in [4.69, 9.17) is 22.5 Å². The lowest BCUT2D eigenvalue weighted by atomic mass is 10.2. The van der Waals surface area contributed by atoms with E-state index < -0.39 is 0 Å². The van der Waals surface area contributed by atoms with Gasteiger partial charge in [0.15, 0.2) is 0 Å². The Labute approximate surface area is 127 Å². The van der Waals surface area contributed by atoms with Crippen molar-refractivity contribution < 1.29 is 5.21 Å². The van der Waals surface area contributed by atoms with Gasteiger partial charge in [0.25, 0.3) is 0 Å². The Morgan fingerprint density at radius 1 is 1.29 bits per heavy atom. The molecule has 110 valence electrons. The van der Waals surface area contributed by atoms with Gasteiger partial charge in [0.2, 0.25) is 0 Å². The molecule has 3 N–H and O–H groups in total. The molecule has 6 nitrogen and oxygen atoms in total. The van der Waals surface area contributed by atoms with Crippen molar-refractivity contribution in [1.82, 2.24) is 9.97 Å². The molecule has 0 aliphatic heterocycles. The largest absolute Gasteiger partial charge is 0.409 e. The third-order valence-electron chi connectivity index (χ3n) is 2.95. The van der Waals surface area contributed by atoms with E-state index in [0.29, 0.717) is 24.5 Å². The minimum atomic E-state index is 0.177. The first kappa shape index (κ1) is 15.1. The van der Waals surface area contributed by atoms with E-state index in [1.165, 1.54) is 0 Å².